The topological polar surface area (TPSA) is 9.23 Å². The summed E-state index contributed by atoms with van der Waals surface area (Å²) in [6, 6.07) is 6.69. The highest BCUT2D eigenvalue weighted by Crippen LogP contribution is 2.43. The van der Waals surface area contributed by atoms with E-state index in [1.807, 2.05) is 0 Å². The van der Waals surface area contributed by atoms with Crippen molar-refractivity contribution in [1.29, 1.82) is 0 Å². The SMILES string of the molecule is CCCCCC1CCC(C2CCC(CCc3ccc(C(F)(F)Oc4cc(F)c(F)c(F)c4)cc3)CC2)CC1. The van der Waals surface area contributed by atoms with E-state index in [1.54, 1.807) is 12.1 Å². The Hall–Kier alpha value is -2.11. The first kappa shape index (κ1) is 28.9. The summed E-state index contributed by atoms with van der Waals surface area (Å²) in [7, 11) is 0. The van der Waals surface area contributed by atoms with Crippen molar-refractivity contribution >= 4 is 0 Å². The van der Waals surface area contributed by atoms with Crippen molar-refractivity contribution in [2.24, 2.45) is 23.7 Å². The van der Waals surface area contributed by atoms with Gasteiger partial charge in [-0.25, -0.2) is 13.2 Å². The van der Waals surface area contributed by atoms with E-state index < -0.39 is 34.9 Å². The van der Waals surface area contributed by atoms with Gasteiger partial charge in [-0.3, -0.25) is 0 Å². The van der Waals surface area contributed by atoms with Gasteiger partial charge in [-0.2, -0.15) is 8.78 Å². The first-order chi connectivity index (χ1) is 18.2. The number of unbranched alkanes of at least 4 members (excludes halogenated alkanes) is 2. The van der Waals surface area contributed by atoms with Crippen molar-refractivity contribution in [2.45, 2.75) is 103 Å². The van der Waals surface area contributed by atoms with E-state index in [-0.39, 0.29) is 0 Å². The molecular formula is C32H41F5O. The summed E-state index contributed by atoms with van der Waals surface area (Å²) >= 11 is 0. The summed E-state index contributed by atoms with van der Waals surface area (Å²) in [5, 5.41) is 0. The van der Waals surface area contributed by atoms with Crippen LogP contribution in [0.5, 0.6) is 5.75 Å². The van der Waals surface area contributed by atoms with Gasteiger partial charge in [0.1, 0.15) is 5.75 Å². The molecule has 0 spiro atoms. The number of halogens is 5. The fourth-order valence-electron chi connectivity index (χ4n) is 6.61. The monoisotopic (exact) mass is 536 g/mol. The molecule has 2 saturated carbocycles. The van der Waals surface area contributed by atoms with Crippen LogP contribution in [0.25, 0.3) is 0 Å². The van der Waals surface area contributed by atoms with Gasteiger partial charge in [0.05, 0.1) is 5.56 Å². The number of hydrogen-bond donors (Lipinski definition) is 0. The number of rotatable bonds is 11. The Balaban J connectivity index is 1.19. The molecule has 38 heavy (non-hydrogen) atoms. The fourth-order valence-corrected chi connectivity index (χ4v) is 6.61. The third-order valence-corrected chi connectivity index (χ3v) is 9.00. The zero-order chi connectivity index (χ0) is 27.1. The number of aryl methyl sites for hydroxylation is 1. The lowest BCUT2D eigenvalue weighted by molar-refractivity contribution is -0.185. The Bertz CT molecular complexity index is 982. The third-order valence-electron chi connectivity index (χ3n) is 9.00. The molecule has 0 aromatic heterocycles. The van der Waals surface area contributed by atoms with E-state index in [4.69, 9.17) is 0 Å². The van der Waals surface area contributed by atoms with E-state index in [9.17, 15) is 22.0 Å². The number of hydrogen-bond acceptors (Lipinski definition) is 1. The van der Waals surface area contributed by atoms with Gasteiger partial charge in [0.25, 0.3) is 0 Å². The smallest absolute Gasteiger partial charge is 0.426 e. The third kappa shape index (κ3) is 7.72. The summed E-state index contributed by atoms with van der Waals surface area (Å²) in [6.07, 6.45) is 14.4. The highest BCUT2D eigenvalue weighted by molar-refractivity contribution is 5.29. The van der Waals surface area contributed by atoms with Crippen LogP contribution in [0.3, 0.4) is 0 Å². The number of ether oxygens (including phenoxy) is 1. The summed E-state index contributed by atoms with van der Waals surface area (Å²) in [4.78, 5) is 0. The maximum Gasteiger partial charge on any atom is 0.426 e. The highest BCUT2D eigenvalue weighted by atomic mass is 19.3. The maximum atomic E-state index is 14.5. The van der Waals surface area contributed by atoms with Crippen molar-refractivity contribution in [1.82, 2.24) is 0 Å². The van der Waals surface area contributed by atoms with E-state index in [0.717, 1.165) is 36.2 Å². The Morgan fingerprint density at radius 1 is 0.737 bits per heavy atom. The molecule has 0 heterocycles. The molecule has 0 atom stereocenters. The predicted octanol–water partition coefficient (Wildman–Crippen LogP) is 10.4. The molecule has 2 fully saturated rings. The molecular weight excluding hydrogens is 495 g/mol. The van der Waals surface area contributed by atoms with Crippen molar-refractivity contribution in [3.63, 3.8) is 0 Å². The summed E-state index contributed by atoms with van der Waals surface area (Å²) in [5.41, 5.74) is 0.555. The van der Waals surface area contributed by atoms with Gasteiger partial charge in [0.15, 0.2) is 17.5 Å². The van der Waals surface area contributed by atoms with Crippen molar-refractivity contribution in [2.75, 3.05) is 0 Å². The highest BCUT2D eigenvalue weighted by Gasteiger charge is 2.35. The van der Waals surface area contributed by atoms with E-state index >= 15 is 0 Å². The van der Waals surface area contributed by atoms with Crippen LogP contribution in [0.15, 0.2) is 36.4 Å². The molecule has 210 valence electrons. The zero-order valence-electron chi connectivity index (χ0n) is 22.5. The van der Waals surface area contributed by atoms with Gasteiger partial charge in [0.2, 0.25) is 0 Å². The largest absolute Gasteiger partial charge is 0.429 e. The fraction of sp³-hybridized carbons (Fsp3) is 0.625. The minimum atomic E-state index is -3.80. The zero-order valence-corrected chi connectivity index (χ0v) is 22.5. The number of benzene rings is 2. The summed E-state index contributed by atoms with van der Waals surface area (Å²) in [6.45, 7) is 2.27. The Labute approximate surface area is 224 Å². The van der Waals surface area contributed by atoms with Gasteiger partial charge in [0, 0.05) is 12.1 Å². The van der Waals surface area contributed by atoms with Gasteiger partial charge in [-0.1, -0.05) is 70.4 Å². The van der Waals surface area contributed by atoms with Crippen LogP contribution in [-0.4, -0.2) is 0 Å². The lowest BCUT2D eigenvalue weighted by Gasteiger charge is -2.38. The van der Waals surface area contributed by atoms with Gasteiger partial charge < -0.3 is 4.74 Å². The molecule has 0 unspecified atom stereocenters. The molecule has 0 radical (unpaired) electrons. The van der Waals surface area contributed by atoms with Crippen LogP contribution in [0.4, 0.5) is 22.0 Å². The second-order valence-corrected chi connectivity index (χ2v) is 11.6. The molecule has 0 amide bonds. The van der Waals surface area contributed by atoms with Gasteiger partial charge in [-0.15, -0.1) is 0 Å². The van der Waals surface area contributed by atoms with Crippen molar-refractivity contribution in [3.05, 3.63) is 65.0 Å². The minimum absolute atomic E-state index is 0.412. The predicted molar refractivity (Wildman–Crippen MR) is 141 cm³/mol. The van der Waals surface area contributed by atoms with Crippen molar-refractivity contribution < 1.29 is 26.7 Å². The van der Waals surface area contributed by atoms with Crippen LogP contribution in [0.1, 0.15) is 102 Å². The van der Waals surface area contributed by atoms with Gasteiger partial charge in [-0.05, 0) is 79.9 Å². The van der Waals surface area contributed by atoms with E-state index in [0.29, 0.717) is 18.1 Å². The lowest BCUT2D eigenvalue weighted by atomic mass is 9.68. The molecule has 6 heteroatoms. The first-order valence-electron chi connectivity index (χ1n) is 14.6. The average Bonchev–Trinajstić information content (AvgIpc) is 2.91. The Morgan fingerprint density at radius 3 is 1.79 bits per heavy atom. The molecule has 0 N–H and O–H groups in total. The molecule has 4 rings (SSSR count). The quantitative estimate of drug-likeness (QED) is 0.158. The molecule has 2 aliphatic carbocycles. The molecule has 0 aliphatic heterocycles. The maximum absolute atomic E-state index is 14.5. The average molecular weight is 537 g/mol. The molecule has 0 bridgehead atoms. The Kier molecular flexibility index (Phi) is 10.1. The van der Waals surface area contributed by atoms with E-state index in [2.05, 4.69) is 11.7 Å². The molecule has 2 aromatic carbocycles. The van der Waals surface area contributed by atoms with Gasteiger partial charge >= 0.3 is 6.11 Å². The summed E-state index contributed by atoms with van der Waals surface area (Å²) in [5.74, 6) is -2.21. The lowest BCUT2D eigenvalue weighted by Crippen LogP contribution is -2.26. The normalized spacial score (nSPS) is 24.4. The first-order valence-corrected chi connectivity index (χ1v) is 14.6. The van der Waals surface area contributed by atoms with Crippen LogP contribution in [0, 0.1) is 41.1 Å². The van der Waals surface area contributed by atoms with Crippen molar-refractivity contribution in [3.8, 4) is 5.75 Å². The Morgan fingerprint density at radius 2 is 1.26 bits per heavy atom. The minimum Gasteiger partial charge on any atom is -0.429 e. The second-order valence-electron chi connectivity index (χ2n) is 11.6. The second kappa shape index (κ2) is 13.3. The van der Waals surface area contributed by atoms with Crippen LogP contribution in [0.2, 0.25) is 0 Å². The molecule has 2 aromatic rings. The summed E-state index contributed by atoms with van der Waals surface area (Å²) < 4.78 is 73.4. The molecule has 2 aliphatic rings. The van der Waals surface area contributed by atoms with E-state index in [1.165, 1.54) is 89.2 Å². The van der Waals surface area contributed by atoms with Crippen LogP contribution >= 0.6 is 0 Å². The molecule has 0 saturated heterocycles. The standard InChI is InChI=1S/C32H41F5O/c1-2-3-4-5-22-8-14-25(15-9-22)26-16-10-23(11-17-26)6-7-24-12-18-27(19-13-24)32(36,37)38-28-20-29(33)31(35)30(34)21-28/h12-13,18-23,25-26H,2-11,14-17H2,1H3. The van der Waals surface area contributed by atoms with Crippen LogP contribution in [-0.2, 0) is 12.5 Å². The number of alkyl halides is 2. The van der Waals surface area contributed by atoms with Crippen LogP contribution < -0.4 is 4.74 Å². The molecule has 1 nitrogen and oxygen atoms in total.